The molecule has 0 radical (unpaired) electrons. The van der Waals surface area contributed by atoms with Crippen molar-refractivity contribution in [2.45, 2.75) is 43.4 Å². The number of aliphatic imine (C=N–C) groups is 1. The second-order valence-electron chi connectivity index (χ2n) is 7.02. The topological polar surface area (TPSA) is 73.8 Å². The number of hydrogen-bond acceptors (Lipinski definition) is 4. The van der Waals surface area contributed by atoms with E-state index in [1.54, 1.807) is 31.3 Å². The first-order valence-corrected chi connectivity index (χ1v) is 11.7. The molecule has 6 nitrogen and oxygen atoms in total. The minimum absolute atomic E-state index is 0.135. The van der Waals surface area contributed by atoms with Crippen molar-refractivity contribution in [2.75, 3.05) is 45.5 Å². The molecule has 0 aromatic heterocycles. The van der Waals surface area contributed by atoms with Crippen LogP contribution in [0, 0.1) is 0 Å². The molecule has 2 N–H and O–H groups in total. The van der Waals surface area contributed by atoms with Gasteiger partial charge in [-0.2, -0.15) is 0 Å². The molecule has 0 aliphatic carbocycles. The van der Waals surface area contributed by atoms with Crippen molar-refractivity contribution in [3.63, 3.8) is 0 Å². The Bertz CT molecular complexity index is 654. The van der Waals surface area contributed by atoms with E-state index in [4.69, 9.17) is 0 Å². The van der Waals surface area contributed by atoms with Crippen molar-refractivity contribution in [2.24, 2.45) is 4.99 Å². The van der Waals surface area contributed by atoms with Crippen LogP contribution in [0.5, 0.6) is 0 Å². The summed E-state index contributed by atoms with van der Waals surface area (Å²) in [6, 6.07) is 8.62. The van der Waals surface area contributed by atoms with Crippen LogP contribution in [0.2, 0.25) is 0 Å². The Hall–Kier alpha value is -1.60. The summed E-state index contributed by atoms with van der Waals surface area (Å²) in [5, 5.41) is 6.52. The number of sulfone groups is 1. The van der Waals surface area contributed by atoms with Crippen LogP contribution in [0.25, 0.3) is 0 Å². The second-order valence-corrected chi connectivity index (χ2v) is 9.13. The third-order valence-electron chi connectivity index (χ3n) is 4.85. The van der Waals surface area contributed by atoms with E-state index in [0.717, 1.165) is 25.5 Å². The standard InChI is InChI=1S/C20H34N4O2S/c1-21-20(22-13-9-17-24-15-7-2-3-8-16-24)23-14-10-18-27(25,26)19-11-5-4-6-12-19/h4-6,11-12H,2-3,7-10,13-18H2,1H3,(H2,21,22,23). The largest absolute Gasteiger partial charge is 0.356 e. The molecule has 152 valence electrons. The number of benzene rings is 1. The van der Waals surface area contributed by atoms with E-state index in [0.29, 0.717) is 17.9 Å². The zero-order chi connectivity index (χ0) is 19.4. The highest BCUT2D eigenvalue weighted by atomic mass is 32.2. The van der Waals surface area contributed by atoms with Gasteiger partial charge in [-0.1, -0.05) is 31.0 Å². The van der Waals surface area contributed by atoms with E-state index in [2.05, 4.69) is 20.5 Å². The number of nitrogens with one attached hydrogen (secondary N) is 2. The zero-order valence-electron chi connectivity index (χ0n) is 16.5. The fraction of sp³-hybridized carbons (Fsp3) is 0.650. The average molecular weight is 395 g/mol. The minimum atomic E-state index is -3.21. The maximum Gasteiger partial charge on any atom is 0.190 e. The van der Waals surface area contributed by atoms with Crippen LogP contribution in [0.4, 0.5) is 0 Å². The number of hydrogen-bond donors (Lipinski definition) is 2. The molecule has 1 saturated heterocycles. The zero-order valence-corrected chi connectivity index (χ0v) is 17.3. The summed E-state index contributed by atoms with van der Waals surface area (Å²) in [6.45, 7) is 5.03. The Morgan fingerprint density at radius 2 is 1.63 bits per heavy atom. The Balaban J connectivity index is 1.60. The Labute approximate surface area is 164 Å². The van der Waals surface area contributed by atoms with E-state index < -0.39 is 9.84 Å². The third-order valence-corrected chi connectivity index (χ3v) is 6.67. The minimum Gasteiger partial charge on any atom is -0.356 e. The predicted molar refractivity (Wildman–Crippen MR) is 112 cm³/mol. The van der Waals surface area contributed by atoms with Crippen molar-refractivity contribution in [3.8, 4) is 0 Å². The first kappa shape index (κ1) is 21.7. The highest BCUT2D eigenvalue weighted by Crippen LogP contribution is 2.11. The Kier molecular flexibility index (Phi) is 9.62. The van der Waals surface area contributed by atoms with Gasteiger partial charge < -0.3 is 15.5 Å². The molecular weight excluding hydrogens is 360 g/mol. The van der Waals surface area contributed by atoms with E-state index in [1.165, 1.54) is 38.8 Å². The monoisotopic (exact) mass is 394 g/mol. The van der Waals surface area contributed by atoms with Gasteiger partial charge in [0.1, 0.15) is 0 Å². The summed E-state index contributed by atoms with van der Waals surface area (Å²) in [7, 11) is -1.47. The van der Waals surface area contributed by atoms with Gasteiger partial charge in [-0.25, -0.2) is 8.42 Å². The van der Waals surface area contributed by atoms with E-state index in [9.17, 15) is 8.42 Å². The molecule has 0 amide bonds. The summed E-state index contributed by atoms with van der Waals surface area (Å²) < 4.78 is 24.5. The van der Waals surface area contributed by atoms with Gasteiger partial charge in [-0.05, 0) is 57.5 Å². The number of guanidine groups is 1. The smallest absolute Gasteiger partial charge is 0.190 e. The number of nitrogens with zero attached hydrogens (tertiary/aromatic N) is 2. The van der Waals surface area contributed by atoms with Crippen LogP contribution in [-0.4, -0.2) is 64.8 Å². The lowest BCUT2D eigenvalue weighted by atomic mass is 10.2. The lowest BCUT2D eigenvalue weighted by Crippen LogP contribution is -2.39. The highest BCUT2D eigenvalue weighted by Gasteiger charge is 2.13. The van der Waals surface area contributed by atoms with Gasteiger partial charge in [0.05, 0.1) is 10.6 Å². The maximum atomic E-state index is 12.3. The first-order valence-electron chi connectivity index (χ1n) is 10.1. The molecule has 1 fully saturated rings. The highest BCUT2D eigenvalue weighted by molar-refractivity contribution is 7.91. The Morgan fingerprint density at radius 3 is 2.26 bits per heavy atom. The maximum absolute atomic E-state index is 12.3. The van der Waals surface area contributed by atoms with Gasteiger partial charge in [0.25, 0.3) is 0 Å². The van der Waals surface area contributed by atoms with E-state index in [-0.39, 0.29) is 5.75 Å². The molecule has 0 saturated carbocycles. The molecule has 0 spiro atoms. The fourth-order valence-corrected chi connectivity index (χ4v) is 4.64. The summed E-state index contributed by atoms with van der Waals surface area (Å²) in [6.07, 6.45) is 7.01. The molecule has 27 heavy (non-hydrogen) atoms. The van der Waals surface area contributed by atoms with Crippen LogP contribution < -0.4 is 10.6 Å². The van der Waals surface area contributed by atoms with Gasteiger partial charge in [0.15, 0.2) is 15.8 Å². The van der Waals surface area contributed by atoms with Crippen molar-refractivity contribution < 1.29 is 8.42 Å². The summed E-state index contributed by atoms with van der Waals surface area (Å²) in [5.74, 6) is 0.874. The molecule has 1 aliphatic heterocycles. The summed E-state index contributed by atoms with van der Waals surface area (Å²) in [4.78, 5) is 7.16. The molecule has 0 atom stereocenters. The third kappa shape index (κ3) is 8.30. The normalized spacial score (nSPS) is 16.7. The van der Waals surface area contributed by atoms with E-state index >= 15 is 0 Å². The molecule has 1 heterocycles. The van der Waals surface area contributed by atoms with Crippen molar-refractivity contribution in [1.82, 2.24) is 15.5 Å². The van der Waals surface area contributed by atoms with Crippen LogP contribution in [0.3, 0.4) is 0 Å². The van der Waals surface area contributed by atoms with Crippen LogP contribution >= 0.6 is 0 Å². The number of likely N-dealkylation sites (tertiary alicyclic amines) is 1. The molecule has 2 rings (SSSR count). The van der Waals surface area contributed by atoms with Gasteiger partial charge in [0.2, 0.25) is 0 Å². The first-order chi connectivity index (χ1) is 13.1. The molecule has 0 unspecified atom stereocenters. The van der Waals surface area contributed by atoms with E-state index in [1.807, 2.05) is 6.07 Å². The Morgan fingerprint density at radius 1 is 1.00 bits per heavy atom. The van der Waals surface area contributed by atoms with Crippen LogP contribution in [0.1, 0.15) is 38.5 Å². The second kappa shape index (κ2) is 12.0. The summed E-state index contributed by atoms with van der Waals surface area (Å²) >= 11 is 0. The molecule has 0 bridgehead atoms. The fourth-order valence-electron chi connectivity index (χ4n) is 3.30. The van der Waals surface area contributed by atoms with Crippen molar-refractivity contribution >= 4 is 15.8 Å². The molecule has 7 heteroatoms. The van der Waals surface area contributed by atoms with Gasteiger partial charge in [0, 0.05) is 20.1 Å². The molecular formula is C20H34N4O2S. The molecule has 1 aromatic carbocycles. The van der Waals surface area contributed by atoms with Gasteiger partial charge in [-0.3, -0.25) is 4.99 Å². The lowest BCUT2D eigenvalue weighted by Gasteiger charge is -2.20. The van der Waals surface area contributed by atoms with Crippen molar-refractivity contribution in [3.05, 3.63) is 30.3 Å². The molecule has 1 aliphatic rings. The van der Waals surface area contributed by atoms with Gasteiger partial charge in [-0.15, -0.1) is 0 Å². The lowest BCUT2D eigenvalue weighted by molar-refractivity contribution is 0.282. The van der Waals surface area contributed by atoms with Crippen LogP contribution in [-0.2, 0) is 9.84 Å². The average Bonchev–Trinajstić information content (AvgIpc) is 2.96. The van der Waals surface area contributed by atoms with Crippen molar-refractivity contribution in [1.29, 1.82) is 0 Å². The van der Waals surface area contributed by atoms with Gasteiger partial charge >= 0.3 is 0 Å². The SMILES string of the molecule is CN=C(NCCCN1CCCCCC1)NCCCS(=O)(=O)c1ccccc1. The quantitative estimate of drug-likeness (QED) is 0.382. The van der Waals surface area contributed by atoms with Crippen LogP contribution in [0.15, 0.2) is 40.2 Å². The summed E-state index contributed by atoms with van der Waals surface area (Å²) in [5.41, 5.74) is 0. The predicted octanol–water partition coefficient (Wildman–Crippen LogP) is 2.28. The number of rotatable bonds is 9. The molecule has 1 aromatic rings.